The Labute approximate surface area is 255 Å². The van der Waals surface area contributed by atoms with E-state index in [2.05, 4.69) is 5.32 Å². The van der Waals surface area contributed by atoms with E-state index >= 15 is 0 Å². The van der Waals surface area contributed by atoms with E-state index in [1.807, 2.05) is 44.2 Å². The molecule has 2 unspecified atom stereocenters. The van der Waals surface area contributed by atoms with E-state index in [4.69, 9.17) is 23.2 Å². The topological polar surface area (TPSA) is 130 Å². The summed E-state index contributed by atoms with van der Waals surface area (Å²) in [4.78, 5) is 39.8. The maximum absolute atomic E-state index is 14.1. The number of nitrogens with zero attached hydrogens (tertiary/aromatic N) is 3. The van der Waals surface area contributed by atoms with Crippen LogP contribution in [0.3, 0.4) is 0 Å². The lowest BCUT2D eigenvalue weighted by molar-refractivity contribution is -0.384. The number of anilines is 1. The van der Waals surface area contributed by atoms with Crippen LogP contribution in [0.15, 0.2) is 72.8 Å². The molecule has 0 spiro atoms. The van der Waals surface area contributed by atoms with E-state index in [1.165, 1.54) is 29.2 Å². The molecule has 0 fully saturated rings. The minimum atomic E-state index is -4.08. The number of nitro benzene ring substituents is 1. The molecule has 0 aliphatic rings. The van der Waals surface area contributed by atoms with Crippen molar-refractivity contribution in [3.05, 3.63) is 104 Å². The van der Waals surface area contributed by atoms with E-state index in [1.54, 1.807) is 12.1 Å². The Bertz CT molecular complexity index is 1540. The first-order chi connectivity index (χ1) is 19.8. The van der Waals surface area contributed by atoms with Gasteiger partial charge >= 0.3 is 0 Å². The van der Waals surface area contributed by atoms with Gasteiger partial charge in [-0.3, -0.25) is 24.0 Å². The highest BCUT2D eigenvalue weighted by Gasteiger charge is 2.34. The van der Waals surface area contributed by atoms with E-state index in [9.17, 15) is 28.1 Å². The van der Waals surface area contributed by atoms with Gasteiger partial charge in [0.25, 0.3) is 5.69 Å². The maximum Gasteiger partial charge on any atom is 0.271 e. The molecular weight excluding hydrogens is 603 g/mol. The number of sulfonamides is 1. The van der Waals surface area contributed by atoms with Crippen molar-refractivity contribution in [2.75, 3.05) is 17.1 Å². The van der Waals surface area contributed by atoms with Crippen molar-refractivity contribution in [1.29, 1.82) is 0 Å². The third-order valence-electron chi connectivity index (χ3n) is 6.64. The smallest absolute Gasteiger partial charge is 0.271 e. The van der Waals surface area contributed by atoms with Gasteiger partial charge in [-0.2, -0.15) is 0 Å². The van der Waals surface area contributed by atoms with Crippen molar-refractivity contribution in [3.63, 3.8) is 0 Å². The first kappa shape index (κ1) is 32.8. The lowest BCUT2D eigenvalue weighted by Crippen LogP contribution is -2.54. The monoisotopic (exact) mass is 634 g/mol. The Balaban J connectivity index is 2.11. The molecule has 0 saturated carbocycles. The molecule has 0 heterocycles. The van der Waals surface area contributed by atoms with E-state index < -0.39 is 39.3 Å². The van der Waals surface area contributed by atoms with Crippen LogP contribution in [0.5, 0.6) is 0 Å². The summed E-state index contributed by atoms with van der Waals surface area (Å²) in [6.45, 7) is 2.91. The summed E-state index contributed by atoms with van der Waals surface area (Å²) in [7, 11) is -4.08. The van der Waals surface area contributed by atoms with Crippen LogP contribution in [0.2, 0.25) is 10.0 Å². The minimum absolute atomic E-state index is 0.0619. The number of rotatable bonds is 13. The highest BCUT2D eigenvalue weighted by atomic mass is 35.5. The highest BCUT2D eigenvalue weighted by molar-refractivity contribution is 7.92. The average Bonchev–Trinajstić information content (AvgIpc) is 2.94. The largest absolute Gasteiger partial charge is 0.352 e. The third-order valence-corrected chi connectivity index (χ3v) is 8.36. The standard InChI is InChI=1S/C29H32Cl2N4O6S/c1-4-20(2)32-29(37)27(15-21-9-6-5-7-10-21)33(18-22-13-14-23(30)16-26(22)31)28(36)19-34(42(3,40)41)24-11-8-12-25(17-24)35(38)39/h5-14,16-17,20,27H,4,15,18-19H2,1-3H3,(H,32,37). The second kappa shape index (κ2) is 14.5. The second-order valence-corrected chi connectivity index (χ2v) is 12.6. The summed E-state index contributed by atoms with van der Waals surface area (Å²) in [5, 5.41) is 14.9. The molecule has 42 heavy (non-hydrogen) atoms. The zero-order chi connectivity index (χ0) is 31.0. The molecular formula is C29H32Cl2N4O6S. The first-order valence-corrected chi connectivity index (χ1v) is 15.7. The van der Waals surface area contributed by atoms with E-state index in [-0.39, 0.29) is 35.4 Å². The van der Waals surface area contributed by atoms with Gasteiger partial charge in [-0.1, -0.05) is 72.6 Å². The molecule has 0 aromatic heterocycles. The quantitative estimate of drug-likeness (QED) is 0.203. The number of hydrogen-bond acceptors (Lipinski definition) is 6. The number of non-ortho nitro benzene ring substituents is 1. The number of carbonyl (C=O) groups is 2. The Hall–Kier alpha value is -3.67. The number of amides is 2. The molecule has 1 N–H and O–H groups in total. The van der Waals surface area contributed by atoms with Crippen LogP contribution in [0.25, 0.3) is 0 Å². The molecule has 0 bridgehead atoms. The zero-order valence-electron chi connectivity index (χ0n) is 23.4. The summed E-state index contributed by atoms with van der Waals surface area (Å²) < 4.78 is 26.5. The summed E-state index contributed by atoms with van der Waals surface area (Å²) in [5.41, 5.74) is 0.868. The molecule has 10 nitrogen and oxygen atoms in total. The molecule has 0 aliphatic carbocycles. The molecule has 224 valence electrons. The Morgan fingerprint density at radius 1 is 1.02 bits per heavy atom. The Morgan fingerprint density at radius 3 is 2.31 bits per heavy atom. The van der Waals surface area contributed by atoms with Crippen LogP contribution in [0.1, 0.15) is 31.4 Å². The minimum Gasteiger partial charge on any atom is -0.352 e. The van der Waals surface area contributed by atoms with Gasteiger partial charge in [0.2, 0.25) is 21.8 Å². The van der Waals surface area contributed by atoms with Gasteiger partial charge < -0.3 is 10.2 Å². The van der Waals surface area contributed by atoms with Crippen LogP contribution < -0.4 is 9.62 Å². The van der Waals surface area contributed by atoms with Crippen molar-refractivity contribution in [2.24, 2.45) is 0 Å². The van der Waals surface area contributed by atoms with Crippen molar-refractivity contribution < 1.29 is 22.9 Å². The summed E-state index contributed by atoms with van der Waals surface area (Å²) in [6, 6.07) is 17.6. The van der Waals surface area contributed by atoms with Crippen LogP contribution in [0.4, 0.5) is 11.4 Å². The highest BCUT2D eigenvalue weighted by Crippen LogP contribution is 2.26. The van der Waals surface area contributed by atoms with E-state index in [0.29, 0.717) is 17.0 Å². The Morgan fingerprint density at radius 2 is 1.71 bits per heavy atom. The lowest BCUT2D eigenvalue weighted by Gasteiger charge is -2.34. The second-order valence-electron chi connectivity index (χ2n) is 9.83. The normalized spacial score (nSPS) is 12.7. The number of benzene rings is 3. The molecule has 2 amide bonds. The molecule has 2 atom stereocenters. The number of nitro groups is 1. The fourth-order valence-corrected chi connectivity index (χ4v) is 5.51. The molecule has 13 heteroatoms. The maximum atomic E-state index is 14.1. The van der Waals surface area contributed by atoms with Gasteiger partial charge in [0, 0.05) is 41.2 Å². The van der Waals surface area contributed by atoms with Crippen molar-refractivity contribution in [3.8, 4) is 0 Å². The molecule has 0 radical (unpaired) electrons. The van der Waals surface area contributed by atoms with Crippen LogP contribution in [-0.2, 0) is 32.6 Å². The summed E-state index contributed by atoms with van der Waals surface area (Å²) in [5.74, 6) is -1.13. The fourth-order valence-electron chi connectivity index (χ4n) is 4.20. The average molecular weight is 636 g/mol. The predicted molar refractivity (Wildman–Crippen MR) is 164 cm³/mol. The molecule has 0 aliphatic heterocycles. The molecule has 0 saturated heterocycles. The van der Waals surface area contributed by atoms with Crippen molar-refractivity contribution in [2.45, 2.75) is 45.3 Å². The number of nitrogens with one attached hydrogen (secondary N) is 1. The number of hydrogen-bond donors (Lipinski definition) is 1. The molecule has 3 rings (SSSR count). The number of halogens is 2. The van der Waals surface area contributed by atoms with Gasteiger partial charge in [-0.15, -0.1) is 0 Å². The van der Waals surface area contributed by atoms with Crippen molar-refractivity contribution >= 4 is 56.4 Å². The molecule has 3 aromatic rings. The Kier molecular flexibility index (Phi) is 11.3. The summed E-state index contributed by atoms with van der Waals surface area (Å²) >= 11 is 12.5. The van der Waals surface area contributed by atoms with Crippen molar-refractivity contribution in [1.82, 2.24) is 10.2 Å². The third kappa shape index (κ3) is 8.91. The van der Waals surface area contributed by atoms with Gasteiger partial charge in [0.05, 0.1) is 16.9 Å². The van der Waals surface area contributed by atoms with E-state index in [0.717, 1.165) is 22.2 Å². The SMILES string of the molecule is CCC(C)NC(=O)C(Cc1ccccc1)N(Cc1ccc(Cl)cc1Cl)C(=O)CN(c1cccc([N+](=O)[O-])c1)S(C)(=O)=O. The van der Waals surface area contributed by atoms with Gasteiger partial charge in [0.1, 0.15) is 12.6 Å². The lowest BCUT2D eigenvalue weighted by atomic mass is 10.0. The molecule has 3 aromatic carbocycles. The predicted octanol–water partition coefficient (Wildman–Crippen LogP) is 5.22. The zero-order valence-corrected chi connectivity index (χ0v) is 25.7. The van der Waals surface area contributed by atoms with Gasteiger partial charge in [0.15, 0.2) is 0 Å². The van der Waals surface area contributed by atoms with Crippen LogP contribution >= 0.6 is 23.2 Å². The van der Waals surface area contributed by atoms with Crippen LogP contribution in [0, 0.1) is 10.1 Å². The van der Waals surface area contributed by atoms with Gasteiger partial charge in [-0.25, -0.2) is 8.42 Å². The van der Waals surface area contributed by atoms with Gasteiger partial charge in [-0.05, 0) is 42.7 Å². The number of carbonyl (C=O) groups excluding carboxylic acids is 2. The fraction of sp³-hybridized carbons (Fsp3) is 0.310. The summed E-state index contributed by atoms with van der Waals surface area (Å²) in [6.07, 6.45) is 1.68. The first-order valence-electron chi connectivity index (χ1n) is 13.1. The van der Waals surface area contributed by atoms with Crippen LogP contribution in [-0.4, -0.2) is 54.9 Å².